The first kappa shape index (κ1) is 16.1. The Morgan fingerprint density at radius 2 is 2.25 bits per heavy atom. The van der Waals surface area contributed by atoms with E-state index in [4.69, 9.17) is 9.15 Å². The highest BCUT2D eigenvalue weighted by atomic mass is 32.1. The smallest absolute Gasteiger partial charge is 0.318 e. The second-order valence-electron chi connectivity index (χ2n) is 6.97. The van der Waals surface area contributed by atoms with E-state index in [1.54, 1.807) is 0 Å². The van der Waals surface area contributed by atoms with Crippen molar-refractivity contribution < 1.29 is 9.15 Å². The molecule has 2 fully saturated rings. The third-order valence-corrected chi connectivity index (χ3v) is 5.79. The van der Waals surface area contributed by atoms with Gasteiger partial charge in [0.2, 0.25) is 5.89 Å². The Morgan fingerprint density at radius 3 is 3.04 bits per heavy atom. The van der Waals surface area contributed by atoms with Crippen LogP contribution in [0.4, 0.5) is 6.01 Å². The summed E-state index contributed by atoms with van der Waals surface area (Å²) in [4.78, 5) is 6.22. The first-order valence-electron chi connectivity index (χ1n) is 8.60. The molecular weight excluding hydrogens is 324 g/mol. The first-order chi connectivity index (χ1) is 11.7. The molecular formula is C17H24N4O2S. The minimum Gasteiger partial charge on any atom is -0.408 e. The molecule has 0 N–H and O–H groups in total. The van der Waals surface area contributed by atoms with E-state index in [0.29, 0.717) is 18.5 Å². The molecule has 4 rings (SSSR count). The molecule has 0 aromatic carbocycles. The van der Waals surface area contributed by atoms with Gasteiger partial charge in [-0.2, -0.15) is 0 Å². The van der Waals surface area contributed by atoms with E-state index in [1.807, 2.05) is 18.3 Å². The number of hydrogen-bond donors (Lipinski definition) is 0. The summed E-state index contributed by atoms with van der Waals surface area (Å²) in [5, 5.41) is 10.3. The zero-order valence-electron chi connectivity index (χ0n) is 14.1. The monoisotopic (exact) mass is 348 g/mol. The zero-order chi connectivity index (χ0) is 16.4. The number of hydrogen-bond acceptors (Lipinski definition) is 7. The third-order valence-electron chi connectivity index (χ3n) is 4.93. The first-order valence-corrected chi connectivity index (χ1v) is 9.48. The van der Waals surface area contributed by atoms with Gasteiger partial charge in [0.15, 0.2) is 0 Å². The number of likely N-dealkylation sites (tertiary alicyclic amines) is 1. The number of piperidine rings is 1. The predicted octanol–water partition coefficient (Wildman–Crippen LogP) is 2.56. The molecule has 130 valence electrons. The van der Waals surface area contributed by atoms with Gasteiger partial charge >= 0.3 is 6.01 Å². The molecule has 2 aliphatic heterocycles. The maximum atomic E-state index is 5.97. The van der Waals surface area contributed by atoms with Crippen molar-refractivity contribution in [2.24, 2.45) is 5.41 Å². The summed E-state index contributed by atoms with van der Waals surface area (Å²) in [6.45, 7) is 8.38. The van der Waals surface area contributed by atoms with Gasteiger partial charge in [0, 0.05) is 43.4 Å². The van der Waals surface area contributed by atoms with Crippen LogP contribution in [0.3, 0.4) is 0 Å². The van der Waals surface area contributed by atoms with Crippen molar-refractivity contribution in [3.05, 3.63) is 28.3 Å². The van der Waals surface area contributed by atoms with Crippen molar-refractivity contribution >= 4 is 17.4 Å². The average molecular weight is 348 g/mol. The summed E-state index contributed by atoms with van der Waals surface area (Å²) < 4.78 is 11.6. The van der Waals surface area contributed by atoms with E-state index in [1.165, 1.54) is 24.3 Å². The van der Waals surface area contributed by atoms with Crippen LogP contribution in [0.1, 0.15) is 23.6 Å². The molecule has 1 atom stereocenters. The fourth-order valence-electron chi connectivity index (χ4n) is 3.89. The molecule has 6 nitrogen and oxygen atoms in total. The van der Waals surface area contributed by atoms with Gasteiger partial charge in [-0.05, 0) is 30.8 Å². The maximum absolute atomic E-state index is 5.97. The van der Waals surface area contributed by atoms with Crippen LogP contribution in [0.25, 0.3) is 0 Å². The largest absolute Gasteiger partial charge is 0.408 e. The standard InChI is InChI=1S/C17H24N4O2S/c1-14-18-19-16(23-14)21-7-8-22-13-17(12-21)5-3-6-20(11-17)10-15-4-2-9-24-15/h2,4,9H,3,5-8,10-13H2,1H3. The number of aromatic nitrogens is 2. The van der Waals surface area contributed by atoms with Crippen LogP contribution in [0, 0.1) is 12.3 Å². The number of anilines is 1. The number of nitrogens with zero attached hydrogens (tertiary/aromatic N) is 4. The molecule has 4 heterocycles. The number of aryl methyl sites for hydroxylation is 1. The summed E-state index contributed by atoms with van der Waals surface area (Å²) in [7, 11) is 0. The zero-order valence-corrected chi connectivity index (χ0v) is 14.9. The Hall–Kier alpha value is -1.44. The minimum atomic E-state index is 0.147. The predicted molar refractivity (Wildman–Crippen MR) is 93.3 cm³/mol. The topological polar surface area (TPSA) is 54.6 Å². The Morgan fingerprint density at radius 1 is 1.29 bits per heavy atom. The maximum Gasteiger partial charge on any atom is 0.318 e. The molecule has 2 aromatic heterocycles. The molecule has 2 aromatic rings. The SMILES string of the molecule is Cc1nnc(N2CCOCC3(CCCN(Cc4cccs4)C3)C2)o1. The molecule has 1 unspecified atom stereocenters. The molecule has 0 aliphatic carbocycles. The molecule has 0 saturated carbocycles. The van der Waals surface area contributed by atoms with Gasteiger partial charge in [0.1, 0.15) is 0 Å². The van der Waals surface area contributed by atoms with E-state index in [-0.39, 0.29) is 5.41 Å². The van der Waals surface area contributed by atoms with Crippen molar-refractivity contribution in [1.29, 1.82) is 0 Å². The molecule has 2 saturated heterocycles. The summed E-state index contributed by atoms with van der Waals surface area (Å²) in [6.07, 6.45) is 2.41. The molecule has 2 aliphatic rings. The van der Waals surface area contributed by atoms with Crippen LogP contribution in [0.2, 0.25) is 0 Å². The minimum absolute atomic E-state index is 0.147. The molecule has 0 amide bonds. The van der Waals surface area contributed by atoms with Gasteiger partial charge < -0.3 is 14.1 Å². The van der Waals surface area contributed by atoms with E-state index in [0.717, 1.165) is 32.8 Å². The van der Waals surface area contributed by atoms with E-state index in [9.17, 15) is 0 Å². The lowest BCUT2D eigenvalue weighted by molar-refractivity contribution is 0.0108. The molecule has 0 bridgehead atoms. The fourth-order valence-corrected chi connectivity index (χ4v) is 4.63. The third kappa shape index (κ3) is 3.48. The van der Waals surface area contributed by atoms with Gasteiger partial charge in [-0.1, -0.05) is 11.2 Å². The van der Waals surface area contributed by atoms with Crippen LogP contribution < -0.4 is 4.90 Å². The van der Waals surface area contributed by atoms with Crippen molar-refractivity contribution in [2.75, 3.05) is 44.3 Å². The second-order valence-corrected chi connectivity index (χ2v) is 8.00. The van der Waals surface area contributed by atoms with Gasteiger partial charge in [0.25, 0.3) is 0 Å². The van der Waals surface area contributed by atoms with Crippen LogP contribution in [0.5, 0.6) is 0 Å². The molecule has 0 radical (unpaired) electrons. The van der Waals surface area contributed by atoms with E-state index < -0.39 is 0 Å². The summed E-state index contributed by atoms with van der Waals surface area (Å²) >= 11 is 1.84. The van der Waals surface area contributed by atoms with E-state index in [2.05, 4.69) is 37.5 Å². The Balaban J connectivity index is 1.49. The van der Waals surface area contributed by atoms with Gasteiger partial charge in [-0.3, -0.25) is 4.90 Å². The summed E-state index contributed by atoms with van der Waals surface area (Å²) in [5.74, 6) is 0.618. The normalized spacial score (nSPS) is 26.0. The second kappa shape index (κ2) is 6.82. The lowest BCUT2D eigenvalue weighted by Crippen LogP contribution is -2.50. The highest BCUT2D eigenvalue weighted by Crippen LogP contribution is 2.35. The van der Waals surface area contributed by atoms with Crippen molar-refractivity contribution in [3.63, 3.8) is 0 Å². The lowest BCUT2D eigenvalue weighted by Gasteiger charge is -2.43. The van der Waals surface area contributed by atoms with Gasteiger partial charge in [-0.15, -0.1) is 16.4 Å². The van der Waals surface area contributed by atoms with Gasteiger partial charge in [-0.25, -0.2) is 0 Å². The Labute approximate surface area is 146 Å². The Kier molecular flexibility index (Phi) is 4.56. The molecule has 7 heteroatoms. The van der Waals surface area contributed by atoms with Crippen LogP contribution in [-0.4, -0.2) is 54.5 Å². The highest BCUT2D eigenvalue weighted by molar-refractivity contribution is 7.09. The van der Waals surface area contributed by atoms with Crippen molar-refractivity contribution in [3.8, 4) is 0 Å². The molecule has 1 spiro atoms. The van der Waals surface area contributed by atoms with Crippen LogP contribution in [-0.2, 0) is 11.3 Å². The van der Waals surface area contributed by atoms with Crippen LogP contribution >= 0.6 is 11.3 Å². The van der Waals surface area contributed by atoms with E-state index >= 15 is 0 Å². The van der Waals surface area contributed by atoms with Gasteiger partial charge in [0.05, 0.1) is 13.2 Å². The fraction of sp³-hybridized carbons (Fsp3) is 0.647. The van der Waals surface area contributed by atoms with Crippen molar-refractivity contribution in [1.82, 2.24) is 15.1 Å². The summed E-state index contributed by atoms with van der Waals surface area (Å²) in [6, 6.07) is 4.99. The number of ether oxygens (including phenoxy) is 1. The Bertz CT molecular complexity index is 659. The number of thiophene rings is 1. The molecule has 24 heavy (non-hydrogen) atoms. The lowest BCUT2D eigenvalue weighted by atomic mass is 9.80. The average Bonchev–Trinajstić information content (AvgIpc) is 3.18. The quantitative estimate of drug-likeness (QED) is 0.850. The van der Waals surface area contributed by atoms with Crippen LogP contribution in [0.15, 0.2) is 21.9 Å². The highest BCUT2D eigenvalue weighted by Gasteiger charge is 2.40. The van der Waals surface area contributed by atoms with Crippen molar-refractivity contribution in [2.45, 2.75) is 26.3 Å². The summed E-state index contributed by atoms with van der Waals surface area (Å²) in [5.41, 5.74) is 0.147. The number of rotatable bonds is 3.